The molecule has 21 heavy (non-hydrogen) atoms. The van der Waals surface area contributed by atoms with Crippen molar-refractivity contribution >= 4 is 15.9 Å². The van der Waals surface area contributed by atoms with Crippen LogP contribution in [0.2, 0.25) is 0 Å². The minimum atomic E-state index is -0.0696. The third-order valence-corrected chi connectivity index (χ3v) is 3.91. The highest BCUT2D eigenvalue weighted by Gasteiger charge is 2.11. The van der Waals surface area contributed by atoms with E-state index in [9.17, 15) is 0 Å². The second-order valence-corrected chi connectivity index (χ2v) is 5.97. The van der Waals surface area contributed by atoms with E-state index in [0.29, 0.717) is 6.61 Å². The smallest absolute Gasteiger partial charge is 0.130 e. The van der Waals surface area contributed by atoms with Gasteiger partial charge in [-0.15, -0.1) is 0 Å². The summed E-state index contributed by atoms with van der Waals surface area (Å²) >= 11 is 3.47. The Bertz CT molecular complexity index is 608. The molecule has 1 aromatic carbocycles. The SMILES string of the molecule is CCc1cc(COc2ccc(Br)cc2C(C)N)n(CC)n1. The van der Waals surface area contributed by atoms with Crippen molar-refractivity contribution in [3.8, 4) is 5.75 Å². The lowest BCUT2D eigenvalue weighted by Crippen LogP contribution is -2.10. The van der Waals surface area contributed by atoms with Gasteiger partial charge in [-0.2, -0.15) is 5.10 Å². The van der Waals surface area contributed by atoms with Crippen LogP contribution in [-0.2, 0) is 19.6 Å². The molecule has 0 fully saturated rings. The molecule has 1 atom stereocenters. The predicted octanol–water partition coefficient (Wildman–Crippen LogP) is 3.83. The Labute approximate surface area is 134 Å². The van der Waals surface area contributed by atoms with Gasteiger partial charge in [0.15, 0.2) is 0 Å². The van der Waals surface area contributed by atoms with Crippen molar-refractivity contribution < 1.29 is 4.74 Å². The summed E-state index contributed by atoms with van der Waals surface area (Å²) in [6.07, 6.45) is 0.934. The first-order chi connectivity index (χ1) is 10.0. The monoisotopic (exact) mass is 351 g/mol. The molecule has 0 aliphatic carbocycles. The quantitative estimate of drug-likeness (QED) is 0.860. The highest BCUT2D eigenvalue weighted by atomic mass is 79.9. The molecule has 0 aliphatic rings. The zero-order chi connectivity index (χ0) is 15.4. The van der Waals surface area contributed by atoms with Crippen LogP contribution in [0.15, 0.2) is 28.7 Å². The molecule has 0 spiro atoms. The van der Waals surface area contributed by atoms with Crippen molar-refractivity contribution in [3.05, 3.63) is 45.7 Å². The molecule has 2 rings (SSSR count). The lowest BCUT2D eigenvalue weighted by Gasteiger charge is -2.14. The van der Waals surface area contributed by atoms with Crippen LogP contribution in [0.4, 0.5) is 0 Å². The first-order valence-corrected chi connectivity index (χ1v) is 8.07. The van der Waals surface area contributed by atoms with Crippen molar-refractivity contribution in [2.45, 2.75) is 46.4 Å². The number of nitrogens with two attached hydrogens (primary N) is 1. The van der Waals surface area contributed by atoms with Gasteiger partial charge in [0.1, 0.15) is 12.4 Å². The van der Waals surface area contributed by atoms with Gasteiger partial charge < -0.3 is 10.5 Å². The van der Waals surface area contributed by atoms with Crippen LogP contribution in [0, 0.1) is 0 Å². The zero-order valence-corrected chi connectivity index (χ0v) is 14.4. The number of aromatic nitrogens is 2. The summed E-state index contributed by atoms with van der Waals surface area (Å²) in [6, 6.07) is 7.97. The van der Waals surface area contributed by atoms with Gasteiger partial charge in [-0.3, -0.25) is 4.68 Å². The number of hydrogen-bond donors (Lipinski definition) is 1. The van der Waals surface area contributed by atoms with Gasteiger partial charge in [0.05, 0.1) is 11.4 Å². The molecule has 0 radical (unpaired) electrons. The minimum Gasteiger partial charge on any atom is -0.487 e. The summed E-state index contributed by atoms with van der Waals surface area (Å²) in [5.41, 5.74) is 9.20. The van der Waals surface area contributed by atoms with E-state index in [4.69, 9.17) is 10.5 Å². The van der Waals surface area contributed by atoms with Crippen LogP contribution < -0.4 is 10.5 Å². The molecular weight excluding hydrogens is 330 g/mol. The molecule has 1 heterocycles. The molecule has 0 amide bonds. The second-order valence-electron chi connectivity index (χ2n) is 5.06. The summed E-state index contributed by atoms with van der Waals surface area (Å²) in [6.45, 7) is 7.50. The number of nitrogens with zero attached hydrogens (tertiary/aromatic N) is 2. The van der Waals surface area contributed by atoms with Crippen molar-refractivity contribution in [1.82, 2.24) is 9.78 Å². The highest BCUT2D eigenvalue weighted by molar-refractivity contribution is 9.10. The maximum atomic E-state index is 6.02. The zero-order valence-electron chi connectivity index (χ0n) is 12.8. The molecule has 0 saturated carbocycles. The molecular formula is C16H22BrN3O. The highest BCUT2D eigenvalue weighted by Crippen LogP contribution is 2.28. The van der Waals surface area contributed by atoms with Crippen molar-refractivity contribution in [2.75, 3.05) is 0 Å². The van der Waals surface area contributed by atoms with Crippen molar-refractivity contribution in [2.24, 2.45) is 5.73 Å². The number of benzene rings is 1. The fraction of sp³-hybridized carbons (Fsp3) is 0.438. The lowest BCUT2D eigenvalue weighted by molar-refractivity contribution is 0.288. The van der Waals surface area contributed by atoms with E-state index in [2.05, 4.69) is 40.9 Å². The Morgan fingerprint density at radius 3 is 2.71 bits per heavy atom. The summed E-state index contributed by atoms with van der Waals surface area (Å²) in [5.74, 6) is 0.829. The van der Waals surface area contributed by atoms with Gasteiger partial charge in [-0.25, -0.2) is 0 Å². The standard InChI is InChI=1S/C16H22BrN3O/c1-4-13-9-14(20(5-2)19-13)10-21-16-7-6-12(17)8-15(16)11(3)18/h6-9,11H,4-5,10,18H2,1-3H3. The van der Waals surface area contributed by atoms with Crippen LogP contribution in [0.3, 0.4) is 0 Å². The molecule has 0 aliphatic heterocycles. The lowest BCUT2D eigenvalue weighted by atomic mass is 10.1. The van der Waals surface area contributed by atoms with E-state index in [1.807, 2.05) is 29.8 Å². The first kappa shape index (κ1) is 16.0. The maximum Gasteiger partial charge on any atom is 0.130 e. The van der Waals surface area contributed by atoms with Gasteiger partial charge in [-0.05, 0) is 44.5 Å². The summed E-state index contributed by atoms with van der Waals surface area (Å²) < 4.78 is 8.98. The average molecular weight is 352 g/mol. The molecule has 5 heteroatoms. The maximum absolute atomic E-state index is 6.02. The van der Waals surface area contributed by atoms with E-state index in [0.717, 1.165) is 40.1 Å². The van der Waals surface area contributed by atoms with Crippen molar-refractivity contribution in [1.29, 1.82) is 0 Å². The predicted molar refractivity (Wildman–Crippen MR) is 88.4 cm³/mol. The fourth-order valence-corrected chi connectivity index (χ4v) is 2.61. The fourth-order valence-electron chi connectivity index (χ4n) is 2.24. The Hall–Kier alpha value is -1.33. The van der Waals surface area contributed by atoms with E-state index < -0.39 is 0 Å². The number of ether oxygens (including phenoxy) is 1. The molecule has 1 aromatic heterocycles. The molecule has 0 bridgehead atoms. The molecule has 4 nitrogen and oxygen atoms in total. The van der Waals surface area contributed by atoms with Crippen LogP contribution >= 0.6 is 15.9 Å². The van der Waals surface area contributed by atoms with E-state index in [1.54, 1.807) is 0 Å². The van der Waals surface area contributed by atoms with Crippen LogP contribution in [-0.4, -0.2) is 9.78 Å². The van der Waals surface area contributed by atoms with Gasteiger partial charge in [0.2, 0.25) is 0 Å². The Morgan fingerprint density at radius 2 is 2.10 bits per heavy atom. The number of hydrogen-bond acceptors (Lipinski definition) is 3. The Balaban J connectivity index is 2.18. The van der Waals surface area contributed by atoms with Gasteiger partial charge in [0.25, 0.3) is 0 Å². The third kappa shape index (κ3) is 3.86. The van der Waals surface area contributed by atoms with Gasteiger partial charge in [0, 0.05) is 22.6 Å². The number of rotatable bonds is 6. The molecule has 114 valence electrons. The average Bonchev–Trinajstić information content (AvgIpc) is 2.88. The van der Waals surface area contributed by atoms with Gasteiger partial charge >= 0.3 is 0 Å². The van der Waals surface area contributed by atoms with E-state index >= 15 is 0 Å². The first-order valence-electron chi connectivity index (χ1n) is 7.28. The van der Waals surface area contributed by atoms with Crippen LogP contribution in [0.25, 0.3) is 0 Å². The molecule has 0 saturated heterocycles. The van der Waals surface area contributed by atoms with Gasteiger partial charge in [-0.1, -0.05) is 22.9 Å². The Morgan fingerprint density at radius 1 is 1.33 bits per heavy atom. The van der Waals surface area contributed by atoms with E-state index in [-0.39, 0.29) is 6.04 Å². The molecule has 2 N–H and O–H groups in total. The Kier molecular flexibility index (Phi) is 5.42. The van der Waals surface area contributed by atoms with Crippen LogP contribution in [0.1, 0.15) is 43.8 Å². The molecule has 2 aromatic rings. The van der Waals surface area contributed by atoms with Crippen molar-refractivity contribution in [3.63, 3.8) is 0 Å². The normalized spacial score (nSPS) is 12.4. The topological polar surface area (TPSA) is 53.1 Å². The summed E-state index contributed by atoms with van der Waals surface area (Å²) in [5, 5.41) is 4.54. The number of aryl methyl sites for hydroxylation is 2. The molecule has 1 unspecified atom stereocenters. The van der Waals surface area contributed by atoms with E-state index in [1.165, 1.54) is 0 Å². The summed E-state index contributed by atoms with van der Waals surface area (Å²) in [4.78, 5) is 0. The number of halogens is 1. The van der Waals surface area contributed by atoms with Crippen LogP contribution in [0.5, 0.6) is 5.75 Å². The largest absolute Gasteiger partial charge is 0.487 e. The summed E-state index contributed by atoms with van der Waals surface area (Å²) in [7, 11) is 0. The second kappa shape index (κ2) is 7.09. The minimum absolute atomic E-state index is 0.0696. The third-order valence-electron chi connectivity index (χ3n) is 3.41.